The number of aromatic nitrogens is 1. The van der Waals surface area contributed by atoms with E-state index in [2.05, 4.69) is 16.4 Å². The minimum absolute atomic E-state index is 0.640. The molecule has 1 aliphatic rings. The van der Waals surface area contributed by atoms with Crippen molar-refractivity contribution in [2.24, 2.45) is 0 Å². The normalized spacial score (nSPS) is 18.8. The maximum atomic E-state index is 11.7. The molecule has 0 amide bonds. The lowest BCUT2D eigenvalue weighted by atomic mass is 9.90. The van der Waals surface area contributed by atoms with Crippen LogP contribution in [0.15, 0.2) is 84.7 Å². The molecule has 1 heterocycles. The zero-order valence-corrected chi connectivity index (χ0v) is 15.1. The Hall–Kier alpha value is -3.40. The van der Waals surface area contributed by atoms with Crippen molar-refractivity contribution in [1.82, 2.24) is 4.98 Å². The molecule has 1 N–H and O–H groups in total. The fourth-order valence-electron chi connectivity index (χ4n) is 3.14. The van der Waals surface area contributed by atoms with Crippen molar-refractivity contribution in [3.05, 3.63) is 84.7 Å². The Morgan fingerprint density at radius 1 is 1.15 bits per heavy atom. The summed E-state index contributed by atoms with van der Waals surface area (Å²) in [5, 5.41) is 5.38. The summed E-state index contributed by atoms with van der Waals surface area (Å²) in [6.45, 7) is 2.03. The van der Waals surface area contributed by atoms with Crippen molar-refractivity contribution >= 4 is 22.7 Å². The van der Waals surface area contributed by atoms with Crippen LogP contribution in [0.25, 0.3) is 10.8 Å². The minimum atomic E-state index is -0.690. The summed E-state index contributed by atoms with van der Waals surface area (Å²) in [5.41, 5.74) is 1.35. The van der Waals surface area contributed by atoms with E-state index in [1.165, 1.54) is 5.57 Å². The van der Waals surface area contributed by atoms with Gasteiger partial charge in [0.1, 0.15) is 23.3 Å². The molecule has 3 aromatic rings. The fourth-order valence-corrected chi connectivity index (χ4v) is 3.14. The fraction of sp³-hybridized carbons (Fsp3) is 0.130. The summed E-state index contributed by atoms with van der Waals surface area (Å²) < 4.78 is 6.05. The van der Waals surface area contributed by atoms with Crippen LogP contribution in [-0.2, 0) is 4.79 Å². The summed E-state index contributed by atoms with van der Waals surface area (Å²) in [7, 11) is 0. The molecule has 1 aliphatic carbocycles. The molecule has 1 unspecified atom stereocenters. The van der Waals surface area contributed by atoms with Crippen LogP contribution in [-0.4, -0.2) is 16.8 Å². The SMILES string of the molecule is CC1=CCC(C=O)(Nc2ccc(Oc3cccc4cnccc34)cc2)C=C1. The van der Waals surface area contributed by atoms with E-state index in [4.69, 9.17) is 4.74 Å². The number of hydrogen-bond donors (Lipinski definition) is 1. The lowest BCUT2D eigenvalue weighted by Crippen LogP contribution is -2.38. The Balaban J connectivity index is 1.52. The first-order valence-corrected chi connectivity index (χ1v) is 8.89. The van der Waals surface area contributed by atoms with E-state index in [1.54, 1.807) is 6.20 Å². The summed E-state index contributed by atoms with van der Waals surface area (Å²) in [6.07, 6.45) is 11.1. The molecule has 0 radical (unpaired) electrons. The minimum Gasteiger partial charge on any atom is -0.457 e. The van der Waals surface area contributed by atoms with Gasteiger partial charge in [-0.05, 0) is 49.7 Å². The van der Waals surface area contributed by atoms with Crippen LogP contribution in [0, 0.1) is 0 Å². The number of hydrogen-bond acceptors (Lipinski definition) is 4. The van der Waals surface area contributed by atoms with Crippen molar-refractivity contribution in [3.63, 3.8) is 0 Å². The second kappa shape index (κ2) is 7.08. The molecule has 4 nitrogen and oxygen atoms in total. The van der Waals surface area contributed by atoms with E-state index in [9.17, 15) is 4.79 Å². The quantitative estimate of drug-likeness (QED) is 0.632. The zero-order valence-electron chi connectivity index (χ0n) is 15.1. The molecule has 4 rings (SSSR count). The van der Waals surface area contributed by atoms with Gasteiger partial charge in [-0.3, -0.25) is 4.98 Å². The Bertz CT molecular complexity index is 1030. The molecular formula is C23H20N2O2. The largest absolute Gasteiger partial charge is 0.457 e. The third-order valence-electron chi connectivity index (χ3n) is 4.72. The summed E-state index contributed by atoms with van der Waals surface area (Å²) in [5.74, 6) is 1.52. The van der Waals surface area contributed by atoms with E-state index >= 15 is 0 Å². The number of benzene rings is 2. The lowest BCUT2D eigenvalue weighted by Gasteiger charge is -2.28. The molecule has 2 aromatic carbocycles. The number of carbonyl (C=O) groups is 1. The van der Waals surface area contributed by atoms with Crippen LogP contribution in [0.5, 0.6) is 11.5 Å². The van der Waals surface area contributed by atoms with E-state index in [-0.39, 0.29) is 0 Å². The molecule has 0 saturated heterocycles. The standard InChI is InChI=1S/C23H20N2O2/c1-17-9-12-23(16-26,13-10-17)25-19-5-7-20(8-6-19)27-22-4-2-3-18-15-24-14-11-21(18)22/h2-12,14-16,25H,13H2,1H3. The predicted octanol–water partition coefficient (Wildman–Crippen LogP) is 5.28. The average molecular weight is 356 g/mol. The first-order valence-electron chi connectivity index (χ1n) is 8.89. The van der Waals surface area contributed by atoms with Gasteiger partial charge in [-0.2, -0.15) is 0 Å². The van der Waals surface area contributed by atoms with Gasteiger partial charge in [-0.25, -0.2) is 0 Å². The number of rotatable bonds is 5. The summed E-state index contributed by atoms with van der Waals surface area (Å²) in [4.78, 5) is 15.8. The van der Waals surface area contributed by atoms with Crippen LogP contribution in [0.3, 0.4) is 0 Å². The Labute approximate surface area is 158 Å². The predicted molar refractivity (Wildman–Crippen MR) is 108 cm³/mol. The average Bonchev–Trinajstić information content (AvgIpc) is 2.72. The number of nitrogens with one attached hydrogen (secondary N) is 1. The molecule has 4 heteroatoms. The molecule has 0 spiro atoms. The van der Waals surface area contributed by atoms with Crippen molar-refractivity contribution < 1.29 is 9.53 Å². The van der Waals surface area contributed by atoms with Gasteiger partial charge in [0.2, 0.25) is 0 Å². The van der Waals surface area contributed by atoms with Crippen LogP contribution in [0.4, 0.5) is 5.69 Å². The number of carbonyl (C=O) groups excluding carboxylic acids is 1. The zero-order chi connectivity index (χ0) is 18.7. The van der Waals surface area contributed by atoms with Crippen LogP contribution >= 0.6 is 0 Å². The van der Waals surface area contributed by atoms with E-state index < -0.39 is 5.54 Å². The van der Waals surface area contributed by atoms with Gasteiger partial charge >= 0.3 is 0 Å². The Morgan fingerprint density at radius 3 is 2.74 bits per heavy atom. The molecule has 0 aliphatic heterocycles. The smallest absolute Gasteiger partial charge is 0.149 e. The molecular weight excluding hydrogens is 336 g/mol. The Morgan fingerprint density at radius 2 is 2.00 bits per heavy atom. The van der Waals surface area contributed by atoms with Gasteiger partial charge < -0.3 is 14.8 Å². The first kappa shape index (κ1) is 17.0. The highest BCUT2D eigenvalue weighted by Crippen LogP contribution is 2.31. The highest BCUT2D eigenvalue weighted by atomic mass is 16.5. The van der Waals surface area contributed by atoms with Gasteiger partial charge in [0, 0.05) is 28.9 Å². The maximum absolute atomic E-state index is 11.7. The maximum Gasteiger partial charge on any atom is 0.149 e. The van der Waals surface area contributed by atoms with Crippen molar-refractivity contribution in [3.8, 4) is 11.5 Å². The van der Waals surface area contributed by atoms with Gasteiger partial charge in [0.25, 0.3) is 0 Å². The summed E-state index contributed by atoms with van der Waals surface area (Å²) in [6, 6.07) is 15.5. The number of aldehydes is 1. The van der Waals surface area contributed by atoms with Crippen LogP contribution in [0.1, 0.15) is 13.3 Å². The van der Waals surface area contributed by atoms with Crippen molar-refractivity contribution in [2.75, 3.05) is 5.32 Å². The van der Waals surface area contributed by atoms with Gasteiger partial charge in [0.05, 0.1) is 0 Å². The second-order valence-corrected chi connectivity index (χ2v) is 6.75. The van der Waals surface area contributed by atoms with Crippen LogP contribution < -0.4 is 10.1 Å². The van der Waals surface area contributed by atoms with Crippen LogP contribution in [0.2, 0.25) is 0 Å². The first-order chi connectivity index (χ1) is 13.2. The highest BCUT2D eigenvalue weighted by Gasteiger charge is 2.27. The number of nitrogens with zero attached hydrogens (tertiary/aromatic N) is 1. The van der Waals surface area contributed by atoms with Gasteiger partial charge in [-0.1, -0.05) is 35.9 Å². The van der Waals surface area contributed by atoms with E-state index in [0.29, 0.717) is 6.42 Å². The Kier molecular flexibility index (Phi) is 4.47. The van der Waals surface area contributed by atoms with Crippen molar-refractivity contribution in [1.29, 1.82) is 0 Å². The van der Waals surface area contributed by atoms with Gasteiger partial charge in [-0.15, -0.1) is 0 Å². The number of anilines is 1. The molecule has 27 heavy (non-hydrogen) atoms. The highest BCUT2D eigenvalue weighted by molar-refractivity contribution is 5.87. The molecule has 0 saturated carbocycles. The number of fused-ring (bicyclic) bond motifs is 1. The number of allylic oxidation sites excluding steroid dienone is 2. The molecule has 1 aromatic heterocycles. The van der Waals surface area contributed by atoms with Crippen molar-refractivity contribution in [2.45, 2.75) is 18.9 Å². The number of pyridine rings is 1. The molecule has 134 valence electrons. The topological polar surface area (TPSA) is 51.2 Å². The third-order valence-corrected chi connectivity index (χ3v) is 4.72. The van der Waals surface area contributed by atoms with E-state index in [0.717, 1.165) is 34.2 Å². The lowest BCUT2D eigenvalue weighted by molar-refractivity contribution is -0.110. The van der Waals surface area contributed by atoms with E-state index in [1.807, 2.05) is 73.8 Å². The second-order valence-electron chi connectivity index (χ2n) is 6.75. The third kappa shape index (κ3) is 3.60. The molecule has 0 fully saturated rings. The molecule has 0 bridgehead atoms. The molecule has 1 atom stereocenters. The van der Waals surface area contributed by atoms with Gasteiger partial charge in [0.15, 0.2) is 0 Å². The monoisotopic (exact) mass is 356 g/mol. The number of ether oxygens (including phenoxy) is 1. The summed E-state index contributed by atoms with van der Waals surface area (Å²) >= 11 is 0.